The molecule has 6 heteroatoms. The van der Waals surface area contributed by atoms with Gasteiger partial charge in [-0.15, -0.1) is 0 Å². The maximum Gasteiger partial charge on any atom is 0.303 e. The predicted octanol–water partition coefficient (Wildman–Crippen LogP) is 1.34. The third kappa shape index (κ3) is 4.67. The van der Waals surface area contributed by atoms with Crippen molar-refractivity contribution in [2.24, 2.45) is 5.92 Å². The van der Waals surface area contributed by atoms with Crippen LogP contribution in [0.3, 0.4) is 0 Å². The van der Waals surface area contributed by atoms with E-state index in [0.29, 0.717) is 5.69 Å². The number of carboxylic acid groups (broad SMARTS) is 1. The number of hydrogen-bond donors (Lipinski definition) is 2. The molecule has 0 aliphatic rings. The Labute approximate surface area is 99.6 Å². The standard InChI is InChI=1S/C11H17N3O3/c1-3-14-7-9(6-12-14)13-10(15)4-8(2)5-11(16)17/h6-8H,3-5H2,1-2H3,(H,13,15)(H,16,17). The normalized spacial score (nSPS) is 12.1. The van der Waals surface area contributed by atoms with Gasteiger partial charge in [-0.2, -0.15) is 5.10 Å². The molecular formula is C11H17N3O3. The molecule has 1 unspecified atom stereocenters. The predicted molar refractivity (Wildman–Crippen MR) is 62.6 cm³/mol. The van der Waals surface area contributed by atoms with Gasteiger partial charge >= 0.3 is 5.97 Å². The lowest BCUT2D eigenvalue weighted by atomic mass is 10.0. The van der Waals surface area contributed by atoms with Crippen molar-refractivity contribution in [3.8, 4) is 0 Å². The van der Waals surface area contributed by atoms with Gasteiger partial charge in [-0.1, -0.05) is 6.92 Å². The van der Waals surface area contributed by atoms with E-state index in [1.165, 1.54) is 0 Å². The van der Waals surface area contributed by atoms with Crippen molar-refractivity contribution < 1.29 is 14.7 Å². The van der Waals surface area contributed by atoms with Crippen LogP contribution in [-0.2, 0) is 16.1 Å². The second kappa shape index (κ2) is 6.03. The summed E-state index contributed by atoms with van der Waals surface area (Å²) in [5.41, 5.74) is 0.638. The number of anilines is 1. The molecule has 1 atom stereocenters. The molecule has 0 aliphatic heterocycles. The average molecular weight is 239 g/mol. The van der Waals surface area contributed by atoms with Crippen LogP contribution in [0.1, 0.15) is 26.7 Å². The van der Waals surface area contributed by atoms with Gasteiger partial charge in [-0.25, -0.2) is 0 Å². The van der Waals surface area contributed by atoms with Crippen LogP contribution in [0.25, 0.3) is 0 Å². The minimum atomic E-state index is -0.885. The minimum Gasteiger partial charge on any atom is -0.481 e. The van der Waals surface area contributed by atoms with Crippen LogP contribution in [0.4, 0.5) is 5.69 Å². The van der Waals surface area contributed by atoms with Gasteiger partial charge in [0.05, 0.1) is 11.9 Å². The Hall–Kier alpha value is -1.85. The Morgan fingerprint density at radius 1 is 1.53 bits per heavy atom. The van der Waals surface area contributed by atoms with E-state index in [1.807, 2.05) is 6.92 Å². The van der Waals surface area contributed by atoms with E-state index in [9.17, 15) is 9.59 Å². The van der Waals surface area contributed by atoms with Crippen molar-refractivity contribution in [2.45, 2.75) is 33.2 Å². The Morgan fingerprint density at radius 3 is 2.76 bits per heavy atom. The average Bonchev–Trinajstić information content (AvgIpc) is 2.63. The summed E-state index contributed by atoms with van der Waals surface area (Å²) in [6, 6.07) is 0. The first kappa shape index (κ1) is 13.2. The Kier molecular flexibility index (Phi) is 4.68. The fourth-order valence-electron chi connectivity index (χ4n) is 1.50. The van der Waals surface area contributed by atoms with Crippen LogP contribution in [0, 0.1) is 5.92 Å². The second-order valence-corrected chi connectivity index (χ2v) is 4.04. The van der Waals surface area contributed by atoms with E-state index < -0.39 is 5.97 Å². The van der Waals surface area contributed by atoms with Gasteiger partial charge in [-0.3, -0.25) is 14.3 Å². The van der Waals surface area contributed by atoms with Gasteiger partial charge in [0.1, 0.15) is 0 Å². The van der Waals surface area contributed by atoms with Crippen molar-refractivity contribution in [3.63, 3.8) is 0 Å². The van der Waals surface area contributed by atoms with Crippen LogP contribution in [0.2, 0.25) is 0 Å². The second-order valence-electron chi connectivity index (χ2n) is 4.04. The summed E-state index contributed by atoms with van der Waals surface area (Å²) in [5, 5.41) is 15.3. The van der Waals surface area contributed by atoms with Crippen molar-refractivity contribution in [1.29, 1.82) is 0 Å². The molecule has 0 bridgehead atoms. The number of aromatic nitrogens is 2. The van der Waals surface area contributed by atoms with E-state index in [2.05, 4.69) is 10.4 Å². The highest BCUT2D eigenvalue weighted by Crippen LogP contribution is 2.10. The molecule has 0 spiro atoms. The fraction of sp³-hybridized carbons (Fsp3) is 0.545. The van der Waals surface area contributed by atoms with Crippen molar-refractivity contribution in [3.05, 3.63) is 12.4 Å². The monoisotopic (exact) mass is 239 g/mol. The molecule has 1 aromatic heterocycles. The first-order valence-corrected chi connectivity index (χ1v) is 5.55. The number of rotatable bonds is 6. The number of amides is 1. The van der Waals surface area contributed by atoms with Gasteiger partial charge in [-0.05, 0) is 12.8 Å². The molecule has 6 nitrogen and oxygen atoms in total. The lowest BCUT2D eigenvalue weighted by molar-refractivity contribution is -0.138. The molecule has 0 fully saturated rings. The Bertz CT molecular complexity index is 400. The number of hydrogen-bond acceptors (Lipinski definition) is 3. The van der Waals surface area contributed by atoms with Crippen molar-refractivity contribution in [1.82, 2.24) is 9.78 Å². The quantitative estimate of drug-likeness (QED) is 0.784. The highest BCUT2D eigenvalue weighted by molar-refractivity contribution is 5.90. The molecule has 0 aromatic carbocycles. The van der Waals surface area contributed by atoms with E-state index in [1.54, 1.807) is 24.0 Å². The summed E-state index contributed by atoms with van der Waals surface area (Å²) in [5.74, 6) is -1.24. The zero-order valence-electron chi connectivity index (χ0n) is 10.0. The molecule has 2 N–H and O–H groups in total. The van der Waals surface area contributed by atoms with E-state index in [-0.39, 0.29) is 24.7 Å². The third-order valence-electron chi connectivity index (χ3n) is 2.30. The molecule has 1 amide bonds. The van der Waals surface area contributed by atoms with E-state index in [0.717, 1.165) is 6.54 Å². The number of aryl methyl sites for hydroxylation is 1. The summed E-state index contributed by atoms with van der Waals surface area (Å²) >= 11 is 0. The maximum atomic E-state index is 11.6. The molecule has 0 aliphatic carbocycles. The first-order valence-electron chi connectivity index (χ1n) is 5.55. The smallest absolute Gasteiger partial charge is 0.303 e. The van der Waals surface area contributed by atoms with Crippen LogP contribution in [-0.4, -0.2) is 26.8 Å². The molecule has 94 valence electrons. The van der Waals surface area contributed by atoms with E-state index in [4.69, 9.17) is 5.11 Å². The van der Waals surface area contributed by atoms with Crippen LogP contribution in [0.15, 0.2) is 12.4 Å². The lowest BCUT2D eigenvalue weighted by Gasteiger charge is -2.07. The highest BCUT2D eigenvalue weighted by Gasteiger charge is 2.13. The molecule has 0 saturated carbocycles. The topological polar surface area (TPSA) is 84.2 Å². The summed E-state index contributed by atoms with van der Waals surface area (Å²) in [4.78, 5) is 22.0. The molecule has 1 heterocycles. The number of aliphatic carboxylic acids is 1. The van der Waals surface area contributed by atoms with Gasteiger partial charge in [0.15, 0.2) is 0 Å². The number of carboxylic acids is 1. The fourth-order valence-corrected chi connectivity index (χ4v) is 1.50. The minimum absolute atomic E-state index is 0.00163. The molecule has 1 aromatic rings. The van der Waals surface area contributed by atoms with Crippen molar-refractivity contribution in [2.75, 3.05) is 5.32 Å². The zero-order valence-corrected chi connectivity index (χ0v) is 10.0. The first-order chi connectivity index (χ1) is 8.01. The number of nitrogens with zero attached hydrogens (tertiary/aromatic N) is 2. The molecule has 1 rings (SSSR count). The van der Waals surface area contributed by atoms with Crippen LogP contribution in [0.5, 0.6) is 0 Å². The number of carbonyl (C=O) groups is 2. The number of nitrogens with one attached hydrogen (secondary N) is 1. The van der Waals surface area contributed by atoms with Crippen LogP contribution < -0.4 is 5.32 Å². The highest BCUT2D eigenvalue weighted by atomic mass is 16.4. The zero-order chi connectivity index (χ0) is 12.8. The molecule has 0 saturated heterocycles. The third-order valence-corrected chi connectivity index (χ3v) is 2.30. The van der Waals surface area contributed by atoms with Gasteiger partial charge < -0.3 is 10.4 Å². The summed E-state index contributed by atoms with van der Waals surface area (Å²) in [6.07, 6.45) is 3.51. The summed E-state index contributed by atoms with van der Waals surface area (Å²) in [6.45, 7) is 4.43. The van der Waals surface area contributed by atoms with Gasteiger partial charge in [0.2, 0.25) is 5.91 Å². The summed E-state index contributed by atoms with van der Waals surface area (Å²) < 4.78 is 1.70. The molecule has 0 radical (unpaired) electrons. The molecular weight excluding hydrogens is 222 g/mol. The lowest BCUT2D eigenvalue weighted by Crippen LogP contribution is -2.16. The van der Waals surface area contributed by atoms with E-state index >= 15 is 0 Å². The van der Waals surface area contributed by atoms with Gasteiger partial charge in [0, 0.05) is 25.6 Å². The van der Waals surface area contributed by atoms with Gasteiger partial charge in [0.25, 0.3) is 0 Å². The maximum absolute atomic E-state index is 11.6. The SMILES string of the molecule is CCn1cc(NC(=O)CC(C)CC(=O)O)cn1. The van der Waals surface area contributed by atoms with Crippen molar-refractivity contribution >= 4 is 17.6 Å². The number of carbonyl (C=O) groups excluding carboxylic acids is 1. The summed E-state index contributed by atoms with van der Waals surface area (Å²) in [7, 11) is 0. The molecule has 17 heavy (non-hydrogen) atoms. The largest absolute Gasteiger partial charge is 0.481 e. The Balaban J connectivity index is 2.41. The van der Waals surface area contributed by atoms with Crippen LogP contribution >= 0.6 is 0 Å². The Morgan fingerprint density at radius 2 is 2.24 bits per heavy atom.